The Morgan fingerprint density at radius 3 is 2.19 bits per heavy atom. The number of non-ortho nitro benzene ring substituents is 2. The van der Waals surface area contributed by atoms with Gasteiger partial charge in [-0.1, -0.05) is 13.8 Å². The van der Waals surface area contributed by atoms with Crippen molar-refractivity contribution >= 4 is 23.4 Å². The average Bonchev–Trinajstić information content (AvgIpc) is 2.62. The molecule has 0 aliphatic carbocycles. The van der Waals surface area contributed by atoms with Crippen LogP contribution < -0.4 is 5.32 Å². The number of nitro groups is 2. The molecule has 1 atom stereocenters. The second kappa shape index (κ2) is 9.91. The van der Waals surface area contributed by atoms with Crippen molar-refractivity contribution in [2.45, 2.75) is 26.9 Å². The maximum atomic E-state index is 11.5. The molecular formula is C15H19N3O8. The van der Waals surface area contributed by atoms with Crippen molar-refractivity contribution in [3.63, 3.8) is 0 Å². The van der Waals surface area contributed by atoms with E-state index in [1.807, 2.05) is 6.92 Å². The van der Waals surface area contributed by atoms with Crippen LogP contribution in [0.4, 0.5) is 16.2 Å². The van der Waals surface area contributed by atoms with E-state index in [1.54, 1.807) is 6.92 Å². The smallest absolute Gasteiger partial charge is 0.407 e. The number of carbonyl (C=O) groups is 2. The van der Waals surface area contributed by atoms with Gasteiger partial charge < -0.3 is 14.8 Å². The summed E-state index contributed by atoms with van der Waals surface area (Å²) in [6.45, 7) is 3.18. The molecule has 142 valence electrons. The Hall–Kier alpha value is -3.24. The summed E-state index contributed by atoms with van der Waals surface area (Å²) in [6.07, 6.45) is -0.206. The summed E-state index contributed by atoms with van der Waals surface area (Å²) in [5.74, 6) is -0.599. The van der Waals surface area contributed by atoms with Gasteiger partial charge in [-0.05, 0) is 6.42 Å². The third-order valence-corrected chi connectivity index (χ3v) is 3.38. The zero-order valence-corrected chi connectivity index (χ0v) is 14.3. The fourth-order valence-corrected chi connectivity index (χ4v) is 1.76. The molecule has 1 aromatic carbocycles. The standard InChI is InChI=1S/C15H19N3O8/c1-3-10(2)14(19)25-5-4-16-15(20)26-9-11-6-12(17(21)22)8-13(7-11)18(23)24/h6-8,10H,3-5,9H2,1-2H3,(H,16,20). The lowest BCUT2D eigenvalue weighted by atomic mass is 10.1. The largest absolute Gasteiger partial charge is 0.464 e. The van der Waals surface area contributed by atoms with E-state index >= 15 is 0 Å². The minimum absolute atomic E-state index is 0.0239. The topological polar surface area (TPSA) is 151 Å². The van der Waals surface area contributed by atoms with E-state index in [0.29, 0.717) is 6.42 Å². The van der Waals surface area contributed by atoms with Gasteiger partial charge in [0.25, 0.3) is 11.4 Å². The number of benzene rings is 1. The molecule has 0 heterocycles. The van der Waals surface area contributed by atoms with Crippen LogP contribution in [0.5, 0.6) is 0 Å². The zero-order valence-electron chi connectivity index (χ0n) is 14.3. The normalized spacial score (nSPS) is 11.3. The summed E-state index contributed by atoms with van der Waals surface area (Å²) in [5, 5.41) is 23.9. The zero-order chi connectivity index (χ0) is 19.7. The molecule has 0 saturated heterocycles. The van der Waals surface area contributed by atoms with Gasteiger partial charge in [-0.25, -0.2) is 4.79 Å². The van der Waals surface area contributed by atoms with Crippen molar-refractivity contribution in [1.29, 1.82) is 0 Å². The van der Waals surface area contributed by atoms with Crippen LogP contribution in [0, 0.1) is 26.1 Å². The second-order valence-electron chi connectivity index (χ2n) is 5.35. The molecular weight excluding hydrogens is 350 g/mol. The molecule has 0 saturated carbocycles. The maximum absolute atomic E-state index is 11.5. The number of nitrogens with one attached hydrogen (secondary N) is 1. The quantitative estimate of drug-likeness (QED) is 0.301. The highest BCUT2D eigenvalue weighted by Crippen LogP contribution is 2.23. The van der Waals surface area contributed by atoms with Crippen LogP contribution in [-0.2, 0) is 20.9 Å². The first kappa shape index (κ1) is 20.8. The van der Waals surface area contributed by atoms with Crippen molar-refractivity contribution in [2.75, 3.05) is 13.2 Å². The Morgan fingerprint density at radius 2 is 1.69 bits per heavy atom. The first-order chi connectivity index (χ1) is 12.2. The number of hydrogen-bond donors (Lipinski definition) is 1. The summed E-state index contributed by atoms with van der Waals surface area (Å²) in [4.78, 5) is 43.0. The summed E-state index contributed by atoms with van der Waals surface area (Å²) in [6, 6.07) is 2.97. The van der Waals surface area contributed by atoms with Gasteiger partial charge in [-0.3, -0.25) is 25.0 Å². The molecule has 0 fully saturated rings. The van der Waals surface area contributed by atoms with E-state index in [9.17, 15) is 29.8 Å². The average molecular weight is 369 g/mol. The van der Waals surface area contributed by atoms with E-state index < -0.39 is 27.3 Å². The molecule has 0 aromatic heterocycles. The van der Waals surface area contributed by atoms with Gasteiger partial charge in [-0.15, -0.1) is 0 Å². The van der Waals surface area contributed by atoms with Crippen molar-refractivity contribution in [1.82, 2.24) is 5.32 Å². The number of amides is 1. The van der Waals surface area contributed by atoms with Crippen LogP contribution in [0.15, 0.2) is 18.2 Å². The maximum Gasteiger partial charge on any atom is 0.407 e. The molecule has 1 unspecified atom stereocenters. The lowest BCUT2D eigenvalue weighted by Gasteiger charge is -2.10. The fourth-order valence-electron chi connectivity index (χ4n) is 1.76. The molecule has 26 heavy (non-hydrogen) atoms. The summed E-state index contributed by atoms with van der Waals surface area (Å²) >= 11 is 0. The highest BCUT2D eigenvalue weighted by Gasteiger charge is 2.17. The molecule has 11 heteroatoms. The molecule has 0 radical (unpaired) electrons. The summed E-state index contributed by atoms with van der Waals surface area (Å²) < 4.78 is 9.77. The Labute approximate surface area is 148 Å². The van der Waals surface area contributed by atoms with Crippen molar-refractivity contribution in [3.05, 3.63) is 44.0 Å². The lowest BCUT2D eigenvalue weighted by Crippen LogP contribution is -2.29. The summed E-state index contributed by atoms with van der Waals surface area (Å²) in [7, 11) is 0. The number of carbonyl (C=O) groups excluding carboxylic acids is 2. The second-order valence-corrected chi connectivity index (χ2v) is 5.35. The molecule has 0 aliphatic rings. The Balaban J connectivity index is 2.48. The first-order valence-electron chi connectivity index (χ1n) is 7.74. The molecule has 1 rings (SSSR count). The molecule has 1 N–H and O–H groups in total. The highest BCUT2D eigenvalue weighted by molar-refractivity contribution is 5.72. The van der Waals surface area contributed by atoms with Crippen LogP contribution >= 0.6 is 0 Å². The van der Waals surface area contributed by atoms with E-state index in [2.05, 4.69) is 5.32 Å². The van der Waals surface area contributed by atoms with Crippen molar-refractivity contribution < 1.29 is 28.9 Å². The number of esters is 1. The van der Waals surface area contributed by atoms with Gasteiger partial charge in [0, 0.05) is 17.7 Å². The molecule has 0 bridgehead atoms. The van der Waals surface area contributed by atoms with E-state index in [4.69, 9.17) is 9.47 Å². The Kier molecular flexibility index (Phi) is 7.93. The fraction of sp³-hybridized carbons (Fsp3) is 0.467. The molecule has 0 spiro atoms. The van der Waals surface area contributed by atoms with E-state index in [1.165, 1.54) is 0 Å². The molecule has 1 amide bonds. The predicted molar refractivity (Wildman–Crippen MR) is 88.4 cm³/mol. The van der Waals surface area contributed by atoms with E-state index in [-0.39, 0.29) is 37.2 Å². The van der Waals surface area contributed by atoms with Gasteiger partial charge >= 0.3 is 12.1 Å². The highest BCUT2D eigenvalue weighted by atomic mass is 16.6. The number of rotatable bonds is 9. The number of alkyl carbamates (subject to hydrolysis) is 1. The first-order valence-corrected chi connectivity index (χ1v) is 7.74. The summed E-state index contributed by atoms with van der Waals surface area (Å²) in [5.41, 5.74) is -0.852. The molecule has 1 aromatic rings. The van der Waals surface area contributed by atoms with Gasteiger partial charge in [0.1, 0.15) is 13.2 Å². The molecule has 11 nitrogen and oxygen atoms in total. The third kappa shape index (κ3) is 6.71. The third-order valence-electron chi connectivity index (χ3n) is 3.38. The van der Waals surface area contributed by atoms with Crippen LogP contribution in [0.3, 0.4) is 0 Å². The van der Waals surface area contributed by atoms with E-state index in [0.717, 1.165) is 18.2 Å². The monoisotopic (exact) mass is 369 g/mol. The van der Waals surface area contributed by atoms with Crippen LogP contribution in [0.1, 0.15) is 25.8 Å². The molecule has 0 aliphatic heterocycles. The SMILES string of the molecule is CCC(C)C(=O)OCCNC(=O)OCc1cc([N+](=O)[O-])cc([N+](=O)[O-])c1. The van der Waals surface area contributed by atoms with Gasteiger partial charge in [0.15, 0.2) is 0 Å². The Morgan fingerprint density at radius 1 is 1.12 bits per heavy atom. The van der Waals surface area contributed by atoms with Crippen LogP contribution in [-0.4, -0.2) is 35.1 Å². The number of ether oxygens (including phenoxy) is 2. The van der Waals surface area contributed by atoms with Crippen molar-refractivity contribution in [2.24, 2.45) is 5.92 Å². The van der Waals surface area contributed by atoms with Gasteiger partial charge in [0.05, 0.1) is 28.4 Å². The van der Waals surface area contributed by atoms with Crippen LogP contribution in [0.25, 0.3) is 0 Å². The van der Waals surface area contributed by atoms with Gasteiger partial charge in [0.2, 0.25) is 0 Å². The van der Waals surface area contributed by atoms with Crippen LogP contribution in [0.2, 0.25) is 0 Å². The number of hydrogen-bond acceptors (Lipinski definition) is 8. The predicted octanol–water partition coefficient (Wildman–Crippen LogP) is 2.32. The Bertz CT molecular complexity index is 659. The number of nitro benzene ring substituents is 2. The lowest BCUT2D eigenvalue weighted by molar-refractivity contribution is -0.394. The van der Waals surface area contributed by atoms with Gasteiger partial charge in [-0.2, -0.15) is 0 Å². The van der Waals surface area contributed by atoms with Crippen molar-refractivity contribution in [3.8, 4) is 0 Å². The minimum atomic E-state index is -0.848. The number of nitrogens with zero attached hydrogens (tertiary/aromatic N) is 2. The minimum Gasteiger partial charge on any atom is -0.464 e.